The minimum atomic E-state index is -3.85. The number of amides is 1. The molecule has 0 saturated carbocycles. The average molecular weight is 435 g/mol. The van der Waals surface area contributed by atoms with E-state index in [1.807, 2.05) is 11.4 Å². The summed E-state index contributed by atoms with van der Waals surface area (Å²) in [7, 11) is -2.23. The smallest absolute Gasteiger partial charge is 0.249 e. The van der Waals surface area contributed by atoms with Gasteiger partial charge in [-0.25, -0.2) is 23.5 Å². The Kier molecular flexibility index (Phi) is 4.82. The van der Waals surface area contributed by atoms with E-state index < -0.39 is 10.0 Å². The summed E-state index contributed by atoms with van der Waals surface area (Å²) in [5.74, 6) is -0.282. The van der Waals surface area contributed by atoms with Crippen molar-refractivity contribution in [3.63, 3.8) is 0 Å². The second-order valence-corrected chi connectivity index (χ2v) is 10.4. The van der Waals surface area contributed by atoms with E-state index in [0.29, 0.717) is 23.7 Å². The third-order valence-electron chi connectivity index (χ3n) is 4.79. The quantitative estimate of drug-likeness (QED) is 0.679. The van der Waals surface area contributed by atoms with Crippen LogP contribution in [-0.2, 0) is 27.7 Å². The van der Waals surface area contributed by atoms with Gasteiger partial charge in [0.15, 0.2) is 9.34 Å². The second-order valence-electron chi connectivity index (χ2n) is 6.74. The summed E-state index contributed by atoms with van der Waals surface area (Å²) in [5, 5.41) is 8.46. The van der Waals surface area contributed by atoms with Crippen LogP contribution in [0.3, 0.4) is 0 Å². The van der Waals surface area contributed by atoms with Crippen molar-refractivity contribution in [3.05, 3.63) is 46.6 Å². The van der Waals surface area contributed by atoms with Gasteiger partial charge in [-0.1, -0.05) is 23.5 Å². The summed E-state index contributed by atoms with van der Waals surface area (Å²) >= 11 is 2.50. The largest absolute Gasteiger partial charge is 0.291 e. The van der Waals surface area contributed by atoms with Crippen LogP contribution in [0, 0.1) is 12.8 Å². The highest BCUT2D eigenvalue weighted by atomic mass is 32.2. The molecule has 0 bridgehead atoms. The summed E-state index contributed by atoms with van der Waals surface area (Å²) in [6.07, 6.45) is 3.08. The Hall–Kier alpha value is -2.14. The number of sulfonamides is 1. The van der Waals surface area contributed by atoms with Crippen LogP contribution in [-0.4, -0.2) is 31.3 Å². The molecule has 2 aromatic heterocycles. The van der Waals surface area contributed by atoms with Gasteiger partial charge in [0.2, 0.25) is 15.9 Å². The Bertz CT molecular complexity index is 1150. The van der Waals surface area contributed by atoms with Crippen LogP contribution < -0.4 is 10.0 Å². The zero-order valence-corrected chi connectivity index (χ0v) is 17.7. The number of hydrogen-bond donors (Lipinski definition) is 1. The number of benzene rings is 1. The van der Waals surface area contributed by atoms with Gasteiger partial charge >= 0.3 is 0 Å². The number of nitrogens with two attached hydrogens (primary N) is 1. The highest BCUT2D eigenvalue weighted by Crippen LogP contribution is 2.34. The van der Waals surface area contributed by atoms with Gasteiger partial charge in [-0.2, -0.15) is 0 Å². The van der Waals surface area contributed by atoms with Crippen LogP contribution in [0.15, 0.2) is 34.0 Å². The monoisotopic (exact) mass is 434 g/mol. The lowest BCUT2D eigenvalue weighted by atomic mass is 10.1. The lowest BCUT2D eigenvalue weighted by Gasteiger charge is -2.18. The molecule has 1 amide bonds. The molecule has 0 spiro atoms. The first-order valence-corrected chi connectivity index (χ1v) is 11.8. The lowest BCUT2D eigenvalue weighted by Crippen LogP contribution is -2.33. The Balaban J connectivity index is 1.54. The predicted octanol–water partition coefficient (Wildman–Crippen LogP) is 2.60. The molecule has 28 heavy (non-hydrogen) atoms. The van der Waals surface area contributed by atoms with E-state index in [2.05, 4.69) is 22.1 Å². The minimum Gasteiger partial charge on any atom is -0.291 e. The van der Waals surface area contributed by atoms with Gasteiger partial charge < -0.3 is 0 Å². The summed E-state index contributed by atoms with van der Waals surface area (Å²) in [6.45, 7) is 1.57. The van der Waals surface area contributed by atoms with Gasteiger partial charge in [0.05, 0.1) is 5.69 Å². The number of primary sulfonamides is 1. The first-order chi connectivity index (χ1) is 13.2. The topological polar surface area (TPSA) is 106 Å². The zero-order chi connectivity index (χ0) is 20.1. The Morgan fingerprint density at radius 2 is 2.04 bits per heavy atom. The molecule has 10 heteroatoms. The molecule has 0 radical (unpaired) electrons. The fourth-order valence-electron chi connectivity index (χ4n) is 3.44. The highest BCUT2D eigenvalue weighted by Gasteiger charge is 2.32. The molecule has 1 unspecified atom stereocenters. The molecule has 2 N–H and O–H groups in total. The van der Waals surface area contributed by atoms with Gasteiger partial charge in [0, 0.05) is 30.1 Å². The molecule has 4 rings (SSSR count). The Morgan fingerprint density at radius 3 is 2.68 bits per heavy atom. The van der Waals surface area contributed by atoms with Gasteiger partial charge in [0.1, 0.15) is 5.01 Å². The number of thiazole rings is 2. The highest BCUT2D eigenvalue weighted by molar-refractivity contribution is 7.91. The lowest BCUT2D eigenvalue weighted by molar-refractivity contribution is -0.121. The molecule has 0 aliphatic heterocycles. The predicted molar refractivity (Wildman–Crippen MR) is 110 cm³/mol. The average Bonchev–Trinajstić information content (AvgIpc) is 3.37. The van der Waals surface area contributed by atoms with E-state index in [-0.39, 0.29) is 16.0 Å². The first-order valence-electron chi connectivity index (χ1n) is 8.53. The SMILES string of the molecule is Cc1nc(N(C)C(=O)C2Cc3ccc(-c4nccs4)cc3C2)sc1S(N)(=O)=O. The molecular formula is C18H18N4O3S3. The maximum absolute atomic E-state index is 13.0. The minimum absolute atomic E-state index is 0.00931. The van der Waals surface area contributed by atoms with E-state index in [9.17, 15) is 13.2 Å². The molecular weight excluding hydrogens is 416 g/mol. The fourth-order valence-corrected chi connectivity index (χ4v) is 5.99. The standard InChI is InChI=1S/C18H18N4O3S3/c1-10-17(28(19,24)25)27-18(21-10)22(2)16(23)14-7-11-3-4-12(8-13(11)9-14)15-20-5-6-26-15/h3-6,8,14H,7,9H2,1-2H3,(H2,19,24,25). The summed E-state index contributed by atoms with van der Waals surface area (Å²) in [6, 6.07) is 6.21. The fraction of sp³-hybridized carbons (Fsp3) is 0.278. The number of aromatic nitrogens is 2. The van der Waals surface area contributed by atoms with Gasteiger partial charge in [-0.15, -0.1) is 11.3 Å². The van der Waals surface area contributed by atoms with Gasteiger partial charge in [-0.3, -0.25) is 9.69 Å². The molecule has 1 aromatic carbocycles. The van der Waals surface area contributed by atoms with Crippen molar-refractivity contribution >= 4 is 43.7 Å². The van der Waals surface area contributed by atoms with Crippen molar-refractivity contribution < 1.29 is 13.2 Å². The number of fused-ring (bicyclic) bond motifs is 1. The molecule has 146 valence electrons. The van der Waals surface area contributed by atoms with E-state index in [1.165, 1.54) is 4.90 Å². The number of carbonyl (C=O) groups is 1. The van der Waals surface area contributed by atoms with E-state index >= 15 is 0 Å². The van der Waals surface area contributed by atoms with Crippen molar-refractivity contribution in [3.8, 4) is 10.6 Å². The molecule has 2 heterocycles. The molecule has 3 aromatic rings. The second kappa shape index (κ2) is 7.03. The third kappa shape index (κ3) is 3.48. The number of aryl methyl sites for hydroxylation is 1. The van der Waals surface area contributed by atoms with Crippen LogP contribution >= 0.6 is 22.7 Å². The van der Waals surface area contributed by atoms with Crippen molar-refractivity contribution in [2.24, 2.45) is 11.1 Å². The van der Waals surface area contributed by atoms with Gasteiger partial charge in [0.25, 0.3) is 0 Å². The van der Waals surface area contributed by atoms with Crippen LogP contribution in [0.2, 0.25) is 0 Å². The van der Waals surface area contributed by atoms with Gasteiger partial charge in [-0.05, 0) is 37.0 Å². The number of carbonyl (C=O) groups excluding carboxylic acids is 1. The van der Waals surface area contributed by atoms with E-state index in [1.54, 1.807) is 31.5 Å². The molecule has 7 nitrogen and oxygen atoms in total. The maximum atomic E-state index is 13.0. The molecule has 1 aliphatic rings. The Labute approximate surface area is 170 Å². The van der Waals surface area contributed by atoms with Crippen molar-refractivity contribution in [2.45, 2.75) is 24.0 Å². The third-order valence-corrected chi connectivity index (χ3v) is 8.40. The number of rotatable bonds is 4. The van der Waals surface area contributed by atoms with Crippen LogP contribution in [0.5, 0.6) is 0 Å². The van der Waals surface area contributed by atoms with E-state index in [0.717, 1.165) is 33.0 Å². The normalized spacial score (nSPS) is 16.2. The number of hydrogen-bond acceptors (Lipinski definition) is 7. The van der Waals surface area contributed by atoms with Crippen molar-refractivity contribution in [1.82, 2.24) is 9.97 Å². The zero-order valence-electron chi connectivity index (χ0n) is 15.2. The summed E-state index contributed by atoms with van der Waals surface area (Å²) < 4.78 is 23.3. The summed E-state index contributed by atoms with van der Waals surface area (Å²) in [5.41, 5.74) is 3.68. The number of anilines is 1. The molecule has 1 aliphatic carbocycles. The Morgan fingerprint density at radius 1 is 1.29 bits per heavy atom. The number of nitrogens with zero attached hydrogens (tertiary/aromatic N) is 3. The van der Waals surface area contributed by atoms with Crippen molar-refractivity contribution in [1.29, 1.82) is 0 Å². The first kappa shape index (κ1) is 19.2. The van der Waals surface area contributed by atoms with E-state index in [4.69, 9.17) is 5.14 Å². The molecule has 0 fully saturated rings. The summed E-state index contributed by atoms with van der Waals surface area (Å²) in [4.78, 5) is 23.0. The molecule has 0 saturated heterocycles. The maximum Gasteiger partial charge on any atom is 0.249 e. The van der Waals surface area contributed by atoms with Crippen molar-refractivity contribution in [2.75, 3.05) is 11.9 Å². The van der Waals surface area contributed by atoms with Crippen LogP contribution in [0.25, 0.3) is 10.6 Å². The van der Waals surface area contributed by atoms with Crippen LogP contribution in [0.4, 0.5) is 5.13 Å². The van der Waals surface area contributed by atoms with Crippen LogP contribution in [0.1, 0.15) is 16.8 Å². The molecule has 1 atom stereocenters.